The van der Waals surface area contributed by atoms with Crippen LogP contribution in [0, 0.1) is 5.82 Å². The van der Waals surface area contributed by atoms with Crippen molar-refractivity contribution in [3.05, 3.63) is 53.5 Å². The van der Waals surface area contributed by atoms with E-state index in [4.69, 9.17) is 10.7 Å². The van der Waals surface area contributed by atoms with E-state index in [9.17, 15) is 17.6 Å². The van der Waals surface area contributed by atoms with Crippen LogP contribution in [0.25, 0.3) is 11.3 Å². The second-order valence-electron chi connectivity index (χ2n) is 9.71. The summed E-state index contributed by atoms with van der Waals surface area (Å²) in [5, 5.41) is 3.36. The zero-order chi connectivity index (χ0) is 26.9. The second-order valence-corrected chi connectivity index (χ2v) is 9.71. The number of nitrogens with two attached hydrogens (primary N) is 1. The van der Waals surface area contributed by atoms with Gasteiger partial charge in [0.15, 0.2) is 0 Å². The lowest BCUT2D eigenvalue weighted by molar-refractivity contribution is -0.139. The Hall–Kier alpha value is -3.54. The summed E-state index contributed by atoms with van der Waals surface area (Å²) in [7, 11) is 1.67. The van der Waals surface area contributed by atoms with Crippen molar-refractivity contribution in [3.8, 4) is 11.3 Å². The van der Waals surface area contributed by atoms with Gasteiger partial charge in [-0.3, -0.25) is 4.99 Å². The predicted molar refractivity (Wildman–Crippen MR) is 138 cm³/mol. The monoisotopic (exact) mass is 530 g/mol. The van der Waals surface area contributed by atoms with Gasteiger partial charge in [0.05, 0.1) is 16.8 Å². The van der Waals surface area contributed by atoms with Crippen molar-refractivity contribution in [1.82, 2.24) is 24.8 Å². The number of benzene rings is 1. The molecule has 0 saturated carbocycles. The fraction of sp³-hybridized carbons (Fsp3) is 0.462. The highest BCUT2D eigenvalue weighted by molar-refractivity contribution is 5.91. The molecule has 5 rings (SSSR count). The van der Waals surface area contributed by atoms with Crippen LogP contribution in [-0.2, 0) is 6.18 Å². The number of aromatic nitrogens is 4. The number of nitrogen functional groups attached to an aromatic ring is 1. The quantitative estimate of drug-likeness (QED) is 0.374. The van der Waals surface area contributed by atoms with Crippen molar-refractivity contribution in [1.29, 1.82) is 0 Å². The summed E-state index contributed by atoms with van der Waals surface area (Å²) in [5.41, 5.74) is 6.14. The van der Waals surface area contributed by atoms with E-state index in [0.29, 0.717) is 30.2 Å². The Morgan fingerprint density at radius 3 is 2.53 bits per heavy atom. The maximum absolute atomic E-state index is 13.9. The van der Waals surface area contributed by atoms with Gasteiger partial charge < -0.3 is 20.5 Å². The fourth-order valence-corrected chi connectivity index (χ4v) is 5.38. The highest BCUT2D eigenvalue weighted by atomic mass is 19.4. The van der Waals surface area contributed by atoms with Crippen LogP contribution in [-0.4, -0.2) is 59.0 Å². The SMILES string of the molecule is C/N=C/c1c(N)ncnc1N1CCC(c2nc(-c3ccc(F)c(C(F)(F)F)c3)cn2C2CCNCC2)CC1. The van der Waals surface area contributed by atoms with Gasteiger partial charge >= 0.3 is 6.18 Å². The molecule has 3 N–H and O–H groups in total. The molecule has 1 aromatic carbocycles. The minimum Gasteiger partial charge on any atom is -0.383 e. The summed E-state index contributed by atoms with van der Waals surface area (Å²) in [4.78, 5) is 19.6. The number of imidazole rings is 1. The largest absolute Gasteiger partial charge is 0.419 e. The zero-order valence-electron chi connectivity index (χ0n) is 21.0. The van der Waals surface area contributed by atoms with Gasteiger partial charge in [-0.2, -0.15) is 13.2 Å². The van der Waals surface area contributed by atoms with Gasteiger partial charge in [-0.25, -0.2) is 19.3 Å². The molecule has 2 aliphatic rings. The number of alkyl halides is 3. The fourth-order valence-electron chi connectivity index (χ4n) is 5.38. The Bertz CT molecular complexity index is 1310. The summed E-state index contributed by atoms with van der Waals surface area (Å²) >= 11 is 0. The minimum atomic E-state index is -4.78. The molecule has 38 heavy (non-hydrogen) atoms. The lowest BCUT2D eigenvalue weighted by Gasteiger charge is -2.34. The van der Waals surface area contributed by atoms with Crippen LogP contribution in [0.2, 0.25) is 0 Å². The van der Waals surface area contributed by atoms with E-state index < -0.39 is 17.6 Å². The molecule has 2 saturated heterocycles. The van der Waals surface area contributed by atoms with Crippen LogP contribution in [0.1, 0.15) is 54.6 Å². The van der Waals surface area contributed by atoms with Gasteiger partial charge in [-0.1, -0.05) is 0 Å². The predicted octanol–water partition coefficient (Wildman–Crippen LogP) is 4.44. The van der Waals surface area contributed by atoms with Gasteiger partial charge in [0, 0.05) is 50.1 Å². The van der Waals surface area contributed by atoms with Crippen molar-refractivity contribution < 1.29 is 17.6 Å². The molecular formula is C26H30F4N8. The van der Waals surface area contributed by atoms with Crippen LogP contribution in [0.4, 0.5) is 29.2 Å². The van der Waals surface area contributed by atoms with Gasteiger partial charge in [0.1, 0.15) is 29.6 Å². The van der Waals surface area contributed by atoms with E-state index in [1.165, 1.54) is 12.4 Å². The number of aliphatic imine (C=N–C) groups is 1. The maximum atomic E-state index is 13.9. The first-order valence-electron chi connectivity index (χ1n) is 12.7. The van der Waals surface area contributed by atoms with Crippen LogP contribution >= 0.6 is 0 Å². The molecular weight excluding hydrogens is 500 g/mol. The molecule has 0 bridgehead atoms. The molecule has 2 aromatic heterocycles. The van der Waals surface area contributed by atoms with Crippen molar-refractivity contribution in [3.63, 3.8) is 0 Å². The third kappa shape index (κ3) is 5.22. The summed E-state index contributed by atoms with van der Waals surface area (Å²) < 4.78 is 56.2. The topological polar surface area (TPSA) is 97.2 Å². The first-order chi connectivity index (χ1) is 18.3. The minimum absolute atomic E-state index is 0.111. The summed E-state index contributed by atoms with van der Waals surface area (Å²) in [6.45, 7) is 3.13. The number of anilines is 2. The first kappa shape index (κ1) is 26.1. The molecule has 0 spiro atoms. The Morgan fingerprint density at radius 1 is 1.11 bits per heavy atom. The van der Waals surface area contributed by atoms with Gasteiger partial charge in [0.2, 0.25) is 0 Å². The zero-order valence-corrected chi connectivity index (χ0v) is 21.0. The summed E-state index contributed by atoms with van der Waals surface area (Å²) in [6, 6.07) is 3.28. The van der Waals surface area contributed by atoms with E-state index in [1.807, 2.05) is 6.20 Å². The van der Waals surface area contributed by atoms with E-state index in [-0.39, 0.29) is 17.5 Å². The van der Waals surface area contributed by atoms with E-state index in [2.05, 4.69) is 29.7 Å². The van der Waals surface area contributed by atoms with Crippen molar-refractivity contribution in [2.45, 2.75) is 43.8 Å². The van der Waals surface area contributed by atoms with Crippen molar-refractivity contribution in [2.24, 2.45) is 4.99 Å². The molecule has 2 aliphatic heterocycles. The normalized spacial score (nSPS) is 18.0. The standard InChI is InChI=1S/C26H30F4N8/c1-32-13-19-23(31)34-15-35-25(19)37-10-6-16(7-11-37)24-36-22(14-38(24)18-4-8-33-9-5-18)17-2-3-21(27)20(12-17)26(28,29)30/h2-3,12-16,18,33H,4-11H2,1H3,(H2,31,34,35)/b32-13+. The van der Waals surface area contributed by atoms with E-state index >= 15 is 0 Å². The molecule has 2 fully saturated rings. The summed E-state index contributed by atoms with van der Waals surface area (Å²) in [5.74, 6) is 0.785. The Labute approximate surface area is 218 Å². The number of halogens is 4. The lowest BCUT2D eigenvalue weighted by Crippen LogP contribution is -2.36. The molecule has 0 radical (unpaired) electrons. The number of rotatable bonds is 5. The second kappa shape index (κ2) is 10.7. The summed E-state index contributed by atoms with van der Waals surface area (Å²) in [6.07, 6.45) is 3.53. The number of nitrogens with zero attached hydrogens (tertiary/aromatic N) is 6. The van der Waals surface area contributed by atoms with Crippen LogP contribution in [0.5, 0.6) is 0 Å². The Balaban J connectivity index is 1.45. The van der Waals surface area contributed by atoms with Crippen molar-refractivity contribution in [2.75, 3.05) is 43.9 Å². The first-order valence-corrected chi connectivity index (χ1v) is 12.7. The Morgan fingerprint density at radius 2 is 1.84 bits per heavy atom. The molecule has 0 amide bonds. The third-order valence-electron chi connectivity index (χ3n) is 7.34. The third-order valence-corrected chi connectivity index (χ3v) is 7.34. The molecule has 0 atom stereocenters. The highest BCUT2D eigenvalue weighted by Gasteiger charge is 2.35. The lowest BCUT2D eigenvalue weighted by atomic mass is 9.94. The van der Waals surface area contributed by atoms with Crippen LogP contribution in [0.15, 0.2) is 35.7 Å². The number of piperidine rings is 2. The average Bonchev–Trinajstić information content (AvgIpc) is 3.36. The average molecular weight is 531 g/mol. The molecule has 202 valence electrons. The number of nitrogens with one attached hydrogen (secondary N) is 1. The van der Waals surface area contributed by atoms with Gasteiger partial charge in [0.25, 0.3) is 0 Å². The van der Waals surface area contributed by atoms with E-state index in [0.717, 1.165) is 62.5 Å². The van der Waals surface area contributed by atoms with Gasteiger partial charge in [-0.05, 0) is 57.0 Å². The number of hydrogen-bond donors (Lipinski definition) is 2. The van der Waals surface area contributed by atoms with Crippen LogP contribution < -0.4 is 16.0 Å². The maximum Gasteiger partial charge on any atom is 0.419 e. The van der Waals surface area contributed by atoms with Crippen molar-refractivity contribution >= 4 is 17.9 Å². The Kier molecular flexibility index (Phi) is 7.33. The molecule has 0 aliphatic carbocycles. The van der Waals surface area contributed by atoms with Gasteiger partial charge in [-0.15, -0.1) is 0 Å². The number of hydrogen-bond acceptors (Lipinski definition) is 7. The highest BCUT2D eigenvalue weighted by Crippen LogP contribution is 2.38. The van der Waals surface area contributed by atoms with Crippen LogP contribution in [0.3, 0.4) is 0 Å². The molecule has 0 unspecified atom stereocenters. The smallest absolute Gasteiger partial charge is 0.383 e. The molecule has 4 heterocycles. The molecule has 8 nitrogen and oxygen atoms in total. The molecule has 3 aromatic rings. The van der Waals surface area contributed by atoms with E-state index in [1.54, 1.807) is 13.3 Å². The molecule has 12 heteroatoms.